The summed E-state index contributed by atoms with van der Waals surface area (Å²) >= 11 is 6.04. The number of alkyl halides is 3. The van der Waals surface area contributed by atoms with Gasteiger partial charge in [-0.2, -0.15) is 13.2 Å². The van der Waals surface area contributed by atoms with Crippen LogP contribution < -0.4 is 5.73 Å². The van der Waals surface area contributed by atoms with Gasteiger partial charge >= 0.3 is 6.18 Å². The zero-order chi connectivity index (χ0) is 16.9. The second kappa shape index (κ2) is 5.42. The number of hydrogen-bond donors (Lipinski definition) is 1. The first kappa shape index (κ1) is 17.1. The second-order valence-corrected chi connectivity index (χ2v) is 6.91. The minimum absolute atomic E-state index is 0.0178. The van der Waals surface area contributed by atoms with E-state index in [9.17, 15) is 13.2 Å². The van der Waals surface area contributed by atoms with Crippen LogP contribution in [-0.2, 0) is 11.6 Å². The summed E-state index contributed by atoms with van der Waals surface area (Å²) in [5, 5.41) is -0.0178. The standard InChI is InChI=1S/C15H19ClF3N3/c1-8(6-20)11-12(14(2,3)4)21-13-10(16)5-9(7-22(11)13)15(17,18)19/h5,7-8H,6,20H2,1-4H3. The summed E-state index contributed by atoms with van der Waals surface area (Å²) in [5.74, 6) is -0.135. The lowest BCUT2D eigenvalue weighted by atomic mass is 9.87. The number of nitrogens with two attached hydrogens (primary N) is 1. The summed E-state index contributed by atoms with van der Waals surface area (Å²) < 4.78 is 40.5. The lowest BCUT2D eigenvalue weighted by molar-refractivity contribution is -0.137. The van der Waals surface area contributed by atoms with Gasteiger partial charge in [0.2, 0.25) is 0 Å². The van der Waals surface area contributed by atoms with Crippen LogP contribution in [-0.4, -0.2) is 15.9 Å². The third-order valence-electron chi connectivity index (χ3n) is 3.57. The molecule has 0 amide bonds. The summed E-state index contributed by atoms with van der Waals surface area (Å²) in [4.78, 5) is 4.48. The van der Waals surface area contributed by atoms with Crippen LogP contribution in [0, 0.1) is 0 Å². The number of hydrogen-bond acceptors (Lipinski definition) is 2. The highest BCUT2D eigenvalue weighted by molar-refractivity contribution is 6.33. The van der Waals surface area contributed by atoms with E-state index in [1.165, 1.54) is 4.40 Å². The molecular weight excluding hydrogens is 315 g/mol. The van der Waals surface area contributed by atoms with E-state index < -0.39 is 11.7 Å². The fourth-order valence-electron chi connectivity index (χ4n) is 2.41. The molecule has 7 heteroatoms. The van der Waals surface area contributed by atoms with Gasteiger partial charge < -0.3 is 10.1 Å². The zero-order valence-corrected chi connectivity index (χ0v) is 13.7. The van der Waals surface area contributed by atoms with Gasteiger partial charge in [0.25, 0.3) is 0 Å². The van der Waals surface area contributed by atoms with E-state index in [-0.39, 0.29) is 16.4 Å². The maximum atomic E-state index is 13.0. The van der Waals surface area contributed by atoms with E-state index in [2.05, 4.69) is 4.98 Å². The molecule has 22 heavy (non-hydrogen) atoms. The Morgan fingerprint density at radius 1 is 1.32 bits per heavy atom. The predicted octanol–water partition coefficient (Wildman–Crippen LogP) is 4.37. The number of halogens is 4. The normalized spacial score (nSPS) is 14.6. The van der Waals surface area contributed by atoms with Crippen molar-refractivity contribution in [3.05, 3.63) is 34.2 Å². The highest BCUT2D eigenvalue weighted by Crippen LogP contribution is 2.36. The fraction of sp³-hybridized carbons (Fsp3) is 0.533. The highest BCUT2D eigenvalue weighted by atomic mass is 35.5. The molecule has 0 spiro atoms. The minimum atomic E-state index is -4.47. The van der Waals surface area contributed by atoms with Gasteiger partial charge in [-0.05, 0) is 6.07 Å². The van der Waals surface area contributed by atoms with Crippen LogP contribution in [0.15, 0.2) is 12.3 Å². The smallest absolute Gasteiger partial charge is 0.330 e. The van der Waals surface area contributed by atoms with Gasteiger partial charge in [-0.1, -0.05) is 39.3 Å². The lowest BCUT2D eigenvalue weighted by Crippen LogP contribution is -2.20. The maximum absolute atomic E-state index is 13.0. The molecule has 2 heterocycles. The Hall–Kier alpha value is -1.27. The van der Waals surface area contributed by atoms with Gasteiger partial charge in [0, 0.05) is 24.1 Å². The maximum Gasteiger partial charge on any atom is 0.417 e. The molecule has 0 aliphatic carbocycles. The van der Waals surface area contributed by atoms with E-state index >= 15 is 0 Å². The van der Waals surface area contributed by atoms with E-state index in [1.807, 2.05) is 27.7 Å². The number of rotatable bonds is 2. The molecule has 0 aliphatic rings. The van der Waals surface area contributed by atoms with Crippen molar-refractivity contribution in [3.8, 4) is 0 Å². The summed E-state index contributed by atoms with van der Waals surface area (Å²) in [7, 11) is 0. The first-order chi connectivity index (χ1) is 9.96. The average Bonchev–Trinajstić information content (AvgIpc) is 2.76. The summed E-state index contributed by atoms with van der Waals surface area (Å²) in [6, 6.07) is 0.910. The highest BCUT2D eigenvalue weighted by Gasteiger charge is 2.34. The molecule has 0 saturated carbocycles. The van der Waals surface area contributed by atoms with Crippen LogP contribution >= 0.6 is 11.6 Å². The molecule has 0 aliphatic heterocycles. The van der Waals surface area contributed by atoms with Gasteiger partial charge in [-0.3, -0.25) is 0 Å². The van der Waals surface area contributed by atoms with Gasteiger partial charge in [0.05, 0.1) is 22.0 Å². The number of fused-ring (bicyclic) bond motifs is 1. The summed E-state index contributed by atoms with van der Waals surface area (Å²) in [5.41, 5.74) is 6.33. The predicted molar refractivity (Wildman–Crippen MR) is 81.4 cm³/mol. The quantitative estimate of drug-likeness (QED) is 0.887. The molecule has 0 fully saturated rings. The van der Waals surface area contributed by atoms with Crippen LogP contribution in [0.3, 0.4) is 0 Å². The Morgan fingerprint density at radius 3 is 2.36 bits per heavy atom. The van der Waals surface area contributed by atoms with Crippen molar-refractivity contribution in [2.45, 2.75) is 45.2 Å². The van der Waals surface area contributed by atoms with Crippen molar-refractivity contribution in [1.82, 2.24) is 9.38 Å². The average molecular weight is 334 g/mol. The Labute approximate surface area is 132 Å². The Morgan fingerprint density at radius 2 is 1.91 bits per heavy atom. The van der Waals surface area contributed by atoms with Crippen LogP contribution in [0.1, 0.15) is 50.6 Å². The van der Waals surface area contributed by atoms with E-state index in [0.717, 1.165) is 12.3 Å². The molecule has 122 valence electrons. The van der Waals surface area contributed by atoms with E-state index in [4.69, 9.17) is 17.3 Å². The molecule has 3 nitrogen and oxygen atoms in total. The van der Waals surface area contributed by atoms with Crippen molar-refractivity contribution < 1.29 is 13.2 Å². The summed E-state index contributed by atoms with van der Waals surface area (Å²) in [6.45, 7) is 8.05. The Kier molecular flexibility index (Phi) is 4.21. The number of nitrogens with zero attached hydrogens (tertiary/aromatic N) is 2. The lowest BCUT2D eigenvalue weighted by Gasteiger charge is -2.21. The molecule has 1 unspecified atom stereocenters. The molecule has 2 aromatic rings. The van der Waals surface area contributed by atoms with Crippen molar-refractivity contribution in [2.75, 3.05) is 6.54 Å². The van der Waals surface area contributed by atoms with Crippen molar-refractivity contribution in [1.29, 1.82) is 0 Å². The summed E-state index contributed by atoms with van der Waals surface area (Å²) in [6.07, 6.45) is -3.42. The third kappa shape index (κ3) is 2.94. The van der Waals surface area contributed by atoms with Gasteiger partial charge in [0.1, 0.15) is 0 Å². The van der Waals surface area contributed by atoms with Crippen LogP contribution in [0.5, 0.6) is 0 Å². The van der Waals surface area contributed by atoms with Crippen LogP contribution in [0.25, 0.3) is 5.65 Å². The first-order valence-corrected chi connectivity index (χ1v) is 7.34. The first-order valence-electron chi connectivity index (χ1n) is 6.96. The third-order valence-corrected chi connectivity index (χ3v) is 3.85. The number of aromatic nitrogens is 2. The van der Waals surface area contributed by atoms with E-state index in [0.29, 0.717) is 23.6 Å². The largest absolute Gasteiger partial charge is 0.417 e. The number of imidazole rings is 1. The van der Waals surface area contributed by atoms with Gasteiger partial charge in [-0.25, -0.2) is 4.98 Å². The topological polar surface area (TPSA) is 43.3 Å². The monoisotopic (exact) mass is 333 g/mol. The molecule has 0 saturated heterocycles. The molecule has 0 aromatic carbocycles. The molecule has 2 N–H and O–H groups in total. The van der Waals surface area contributed by atoms with Gasteiger partial charge in [-0.15, -0.1) is 0 Å². The molecule has 2 rings (SSSR count). The molecule has 2 aromatic heterocycles. The molecule has 0 radical (unpaired) electrons. The zero-order valence-electron chi connectivity index (χ0n) is 12.9. The molecule has 0 bridgehead atoms. The fourth-order valence-corrected chi connectivity index (χ4v) is 2.66. The van der Waals surface area contributed by atoms with E-state index in [1.54, 1.807) is 0 Å². The van der Waals surface area contributed by atoms with Gasteiger partial charge in [0.15, 0.2) is 5.65 Å². The van der Waals surface area contributed by atoms with Crippen LogP contribution in [0.4, 0.5) is 13.2 Å². The van der Waals surface area contributed by atoms with Crippen molar-refractivity contribution in [3.63, 3.8) is 0 Å². The molecule has 1 atom stereocenters. The molecular formula is C15H19ClF3N3. The number of pyridine rings is 1. The second-order valence-electron chi connectivity index (χ2n) is 6.50. The van der Waals surface area contributed by atoms with Crippen LogP contribution in [0.2, 0.25) is 5.02 Å². The van der Waals surface area contributed by atoms with Crippen molar-refractivity contribution in [2.24, 2.45) is 5.73 Å². The Bertz CT molecular complexity index is 699. The minimum Gasteiger partial charge on any atom is -0.330 e. The SMILES string of the molecule is CC(CN)c1c(C(C)(C)C)nc2c(Cl)cc(C(F)(F)F)cn12. The van der Waals surface area contributed by atoms with Crippen molar-refractivity contribution >= 4 is 17.2 Å². The Balaban J connectivity index is 2.87.